The molecule has 0 amide bonds. The number of rotatable bonds is 2. The molecule has 1 heterocycles. The van der Waals surface area contributed by atoms with Crippen molar-refractivity contribution in [1.29, 1.82) is 0 Å². The van der Waals surface area contributed by atoms with Crippen molar-refractivity contribution in [3.63, 3.8) is 0 Å². The maximum absolute atomic E-state index is 5.99. The molecule has 0 aromatic heterocycles. The molecule has 0 saturated heterocycles. The Kier molecular flexibility index (Phi) is 2.83. The molecule has 0 bridgehead atoms. The lowest BCUT2D eigenvalue weighted by molar-refractivity contribution is 0.135. The summed E-state index contributed by atoms with van der Waals surface area (Å²) in [6.07, 6.45) is 5.24. The summed E-state index contributed by atoms with van der Waals surface area (Å²) in [6, 6.07) is 5.81. The molecular weight excluding hydrogens is 216 g/mol. The molecule has 17 heavy (non-hydrogen) atoms. The summed E-state index contributed by atoms with van der Waals surface area (Å²) >= 11 is 0. The highest BCUT2D eigenvalue weighted by molar-refractivity contribution is 5.46. The molecule has 0 spiro atoms. The van der Waals surface area contributed by atoms with Crippen LogP contribution in [0, 0.1) is 5.92 Å². The highest BCUT2D eigenvalue weighted by Crippen LogP contribution is 2.36. The number of fused-ring (bicyclic) bond motifs is 1. The van der Waals surface area contributed by atoms with E-state index >= 15 is 0 Å². The Morgan fingerprint density at radius 3 is 2.65 bits per heavy atom. The zero-order valence-corrected chi connectivity index (χ0v) is 10.1. The van der Waals surface area contributed by atoms with Gasteiger partial charge in [-0.05, 0) is 43.7 Å². The number of ether oxygens (including phenoxy) is 3. The zero-order valence-electron chi connectivity index (χ0n) is 10.1. The van der Waals surface area contributed by atoms with E-state index in [2.05, 4.69) is 6.92 Å². The van der Waals surface area contributed by atoms with Crippen molar-refractivity contribution < 1.29 is 14.2 Å². The first-order chi connectivity index (χ1) is 8.31. The molecule has 1 aliphatic carbocycles. The molecule has 1 aliphatic heterocycles. The molecule has 3 rings (SSSR count). The van der Waals surface area contributed by atoms with Crippen LogP contribution in [0.4, 0.5) is 0 Å². The van der Waals surface area contributed by atoms with E-state index in [1.807, 2.05) is 18.2 Å². The van der Waals surface area contributed by atoms with E-state index in [9.17, 15) is 0 Å². The molecule has 2 aliphatic rings. The summed E-state index contributed by atoms with van der Waals surface area (Å²) in [5.41, 5.74) is 0. The average Bonchev–Trinajstić information content (AvgIpc) is 2.79. The highest BCUT2D eigenvalue weighted by Gasteiger charge is 2.20. The molecule has 1 aromatic rings. The molecule has 0 radical (unpaired) electrons. The third-order valence-corrected chi connectivity index (χ3v) is 3.61. The fourth-order valence-electron chi connectivity index (χ4n) is 2.49. The van der Waals surface area contributed by atoms with Gasteiger partial charge in [0.1, 0.15) is 5.75 Å². The van der Waals surface area contributed by atoms with Gasteiger partial charge in [0.05, 0.1) is 6.10 Å². The van der Waals surface area contributed by atoms with E-state index in [4.69, 9.17) is 14.2 Å². The van der Waals surface area contributed by atoms with E-state index in [0.717, 1.165) is 36.0 Å². The van der Waals surface area contributed by atoms with Crippen LogP contribution in [0.2, 0.25) is 0 Å². The second-order valence-corrected chi connectivity index (χ2v) is 5.01. The van der Waals surface area contributed by atoms with Crippen molar-refractivity contribution in [1.82, 2.24) is 0 Å². The number of hydrogen-bond donors (Lipinski definition) is 0. The summed E-state index contributed by atoms with van der Waals surface area (Å²) < 4.78 is 16.6. The summed E-state index contributed by atoms with van der Waals surface area (Å²) in [7, 11) is 0. The Morgan fingerprint density at radius 2 is 1.82 bits per heavy atom. The predicted octanol–water partition coefficient (Wildman–Crippen LogP) is 3.37. The molecule has 1 saturated carbocycles. The van der Waals surface area contributed by atoms with E-state index < -0.39 is 0 Å². The molecule has 0 unspecified atom stereocenters. The van der Waals surface area contributed by atoms with Crippen LogP contribution in [0.1, 0.15) is 32.6 Å². The van der Waals surface area contributed by atoms with Crippen LogP contribution in [0.3, 0.4) is 0 Å². The molecule has 0 atom stereocenters. The number of benzene rings is 1. The van der Waals surface area contributed by atoms with Gasteiger partial charge in [0.15, 0.2) is 11.5 Å². The number of hydrogen-bond acceptors (Lipinski definition) is 3. The van der Waals surface area contributed by atoms with Crippen LogP contribution in [0.15, 0.2) is 18.2 Å². The van der Waals surface area contributed by atoms with Crippen molar-refractivity contribution in [2.24, 2.45) is 5.92 Å². The Bertz CT molecular complexity index is 394. The van der Waals surface area contributed by atoms with Crippen molar-refractivity contribution in [3.05, 3.63) is 18.2 Å². The molecule has 92 valence electrons. The molecule has 3 nitrogen and oxygen atoms in total. The van der Waals surface area contributed by atoms with Crippen LogP contribution in [-0.2, 0) is 0 Å². The van der Waals surface area contributed by atoms with Gasteiger partial charge >= 0.3 is 0 Å². The largest absolute Gasteiger partial charge is 0.490 e. The molecule has 3 heteroatoms. The summed E-state index contributed by atoms with van der Waals surface area (Å²) in [5.74, 6) is 3.36. The van der Waals surface area contributed by atoms with Crippen LogP contribution < -0.4 is 14.2 Å². The normalized spacial score (nSPS) is 26.9. The van der Waals surface area contributed by atoms with Crippen LogP contribution in [0.25, 0.3) is 0 Å². The Balaban J connectivity index is 1.65. The van der Waals surface area contributed by atoms with Crippen molar-refractivity contribution in [2.75, 3.05) is 6.79 Å². The second-order valence-electron chi connectivity index (χ2n) is 5.01. The van der Waals surface area contributed by atoms with Crippen LogP contribution in [-0.4, -0.2) is 12.9 Å². The zero-order chi connectivity index (χ0) is 11.7. The Labute approximate surface area is 102 Å². The second kappa shape index (κ2) is 4.47. The van der Waals surface area contributed by atoms with Gasteiger partial charge in [0, 0.05) is 6.07 Å². The quantitative estimate of drug-likeness (QED) is 0.785. The molecule has 0 N–H and O–H groups in total. The minimum atomic E-state index is 0.319. The van der Waals surface area contributed by atoms with Crippen LogP contribution in [0.5, 0.6) is 17.2 Å². The third-order valence-electron chi connectivity index (χ3n) is 3.61. The topological polar surface area (TPSA) is 27.7 Å². The highest BCUT2D eigenvalue weighted by atomic mass is 16.7. The lowest BCUT2D eigenvalue weighted by Crippen LogP contribution is -2.22. The lowest BCUT2D eigenvalue weighted by atomic mass is 9.89. The van der Waals surface area contributed by atoms with Gasteiger partial charge in [-0.15, -0.1) is 0 Å². The SMILES string of the molecule is CC1CCC(Oc2ccc3c(c2)OCO3)CC1. The maximum Gasteiger partial charge on any atom is 0.231 e. The average molecular weight is 234 g/mol. The van der Waals surface area contributed by atoms with E-state index in [0.29, 0.717) is 12.9 Å². The first-order valence-electron chi connectivity index (χ1n) is 6.37. The first-order valence-corrected chi connectivity index (χ1v) is 6.37. The van der Waals surface area contributed by atoms with Crippen molar-refractivity contribution in [2.45, 2.75) is 38.7 Å². The smallest absolute Gasteiger partial charge is 0.231 e. The Morgan fingerprint density at radius 1 is 1.06 bits per heavy atom. The van der Waals surface area contributed by atoms with E-state index in [1.54, 1.807) is 0 Å². The van der Waals surface area contributed by atoms with Gasteiger partial charge in [0.2, 0.25) is 6.79 Å². The molecule has 1 fully saturated rings. The van der Waals surface area contributed by atoms with E-state index in [1.165, 1.54) is 12.8 Å². The third kappa shape index (κ3) is 2.33. The Hall–Kier alpha value is -1.38. The van der Waals surface area contributed by atoms with Gasteiger partial charge in [-0.3, -0.25) is 0 Å². The monoisotopic (exact) mass is 234 g/mol. The summed E-state index contributed by atoms with van der Waals surface area (Å²) in [6.45, 7) is 2.64. The fraction of sp³-hybridized carbons (Fsp3) is 0.571. The van der Waals surface area contributed by atoms with Crippen LogP contribution >= 0.6 is 0 Å². The minimum absolute atomic E-state index is 0.319. The minimum Gasteiger partial charge on any atom is -0.490 e. The van der Waals surface area contributed by atoms with Crippen molar-refractivity contribution in [3.8, 4) is 17.2 Å². The summed E-state index contributed by atoms with van der Waals surface area (Å²) in [5, 5.41) is 0. The summed E-state index contributed by atoms with van der Waals surface area (Å²) in [4.78, 5) is 0. The van der Waals surface area contributed by atoms with Gasteiger partial charge in [-0.1, -0.05) is 6.92 Å². The van der Waals surface area contributed by atoms with Gasteiger partial charge in [0.25, 0.3) is 0 Å². The van der Waals surface area contributed by atoms with Gasteiger partial charge in [-0.25, -0.2) is 0 Å². The van der Waals surface area contributed by atoms with E-state index in [-0.39, 0.29) is 0 Å². The fourth-order valence-corrected chi connectivity index (χ4v) is 2.49. The molecule has 1 aromatic carbocycles. The van der Waals surface area contributed by atoms with Gasteiger partial charge < -0.3 is 14.2 Å². The predicted molar refractivity (Wildman–Crippen MR) is 64.6 cm³/mol. The lowest BCUT2D eigenvalue weighted by Gasteiger charge is -2.26. The van der Waals surface area contributed by atoms with Crippen molar-refractivity contribution >= 4 is 0 Å². The van der Waals surface area contributed by atoms with Gasteiger partial charge in [-0.2, -0.15) is 0 Å². The maximum atomic E-state index is 5.99. The molecular formula is C14H18O3. The first kappa shape index (κ1) is 10.8. The standard InChI is InChI=1S/C14H18O3/c1-10-2-4-11(5-3-10)17-12-6-7-13-14(8-12)16-9-15-13/h6-8,10-11H,2-5,9H2,1H3.